The van der Waals surface area contributed by atoms with Crippen LogP contribution in [0.25, 0.3) is 0 Å². The predicted octanol–water partition coefficient (Wildman–Crippen LogP) is 5.29. The topological polar surface area (TPSA) is 38.5 Å². The van der Waals surface area contributed by atoms with Crippen molar-refractivity contribution in [2.24, 2.45) is 0 Å². The van der Waals surface area contributed by atoms with Crippen molar-refractivity contribution < 1.29 is 17.9 Å². The number of halogens is 4. The van der Waals surface area contributed by atoms with Crippen molar-refractivity contribution in [3.05, 3.63) is 47.0 Å². The Balaban J connectivity index is 2.24. The van der Waals surface area contributed by atoms with Crippen LogP contribution in [0.3, 0.4) is 0 Å². The van der Waals surface area contributed by atoms with Crippen LogP contribution in [0.2, 0.25) is 5.02 Å². The first-order chi connectivity index (χ1) is 11.7. The molecule has 0 spiro atoms. The standard InChI is InChI=1S/C18H18ClF3N2O/c1-17(9-18(20,21)22)10-24(13-6-4-3-5-12(13)23)16-14(25-2)8-7-11(19)15(16)17/h3-8H,9-10,23H2,1-2H3. The number of para-hydroxylation sites is 2. The lowest BCUT2D eigenvalue weighted by atomic mass is 9.81. The highest BCUT2D eigenvalue weighted by atomic mass is 35.5. The molecule has 25 heavy (non-hydrogen) atoms. The maximum Gasteiger partial charge on any atom is 0.390 e. The summed E-state index contributed by atoms with van der Waals surface area (Å²) in [4.78, 5) is 1.76. The van der Waals surface area contributed by atoms with Gasteiger partial charge in [0, 0.05) is 22.5 Å². The van der Waals surface area contributed by atoms with Gasteiger partial charge in [-0.1, -0.05) is 30.7 Å². The Kier molecular flexibility index (Phi) is 4.27. The highest BCUT2D eigenvalue weighted by Crippen LogP contribution is 2.55. The molecule has 7 heteroatoms. The highest BCUT2D eigenvalue weighted by Gasteiger charge is 2.49. The van der Waals surface area contributed by atoms with Crippen LogP contribution in [0, 0.1) is 0 Å². The lowest BCUT2D eigenvalue weighted by molar-refractivity contribution is -0.145. The molecule has 0 radical (unpaired) electrons. The van der Waals surface area contributed by atoms with Crippen LogP contribution in [0.4, 0.5) is 30.2 Å². The van der Waals surface area contributed by atoms with Crippen LogP contribution >= 0.6 is 11.6 Å². The maximum absolute atomic E-state index is 13.3. The average molecular weight is 371 g/mol. The first-order valence-electron chi connectivity index (χ1n) is 7.72. The van der Waals surface area contributed by atoms with Crippen LogP contribution in [0.15, 0.2) is 36.4 Å². The van der Waals surface area contributed by atoms with Crippen LogP contribution in [0.1, 0.15) is 18.9 Å². The Hall–Kier alpha value is -2.08. The fourth-order valence-electron chi connectivity index (χ4n) is 3.59. The second kappa shape index (κ2) is 6.02. The van der Waals surface area contributed by atoms with Gasteiger partial charge in [0.2, 0.25) is 0 Å². The molecule has 2 N–H and O–H groups in total. The molecule has 1 unspecified atom stereocenters. The van der Waals surface area contributed by atoms with Crippen molar-refractivity contribution >= 4 is 28.7 Å². The summed E-state index contributed by atoms with van der Waals surface area (Å²) < 4.78 is 45.2. The van der Waals surface area contributed by atoms with E-state index in [9.17, 15) is 13.2 Å². The van der Waals surface area contributed by atoms with E-state index in [1.807, 2.05) is 0 Å². The zero-order valence-corrected chi connectivity index (χ0v) is 14.6. The van der Waals surface area contributed by atoms with Crippen LogP contribution in [-0.4, -0.2) is 19.8 Å². The third kappa shape index (κ3) is 3.11. The smallest absolute Gasteiger partial charge is 0.390 e. The minimum absolute atomic E-state index is 0.107. The molecule has 3 rings (SSSR count). The Morgan fingerprint density at radius 3 is 2.52 bits per heavy atom. The molecule has 1 atom stereocenters. The molecule has 0 bridgehead atoms. The molecule has 0 saturated carbocycles. The number of hydrogen-bond donors (Lipinski definition) is 1. The number of nitrogens with two attached hydrogens (primary N) is 1. The first-order valence-corrected chi connectivity index (χ1v) is 8.10. The zero-order valence-electron chi connectivity index (χ0n) is 13.8. The zero-order chi connectivity index (χ0) is 18.4. The normalized spacial score (nSPS) is 19.8. The fourth-order valence-corrected chi connectivity index (χ4v) is 3.97. The Bertz CT molecular complexity index is 809. The number of ether oxygens (including phenoxy) is 1. The van der Waals surface area contributed by atoms with E-state index in [2.05, 4.69) is 0 Å². The molecule has 134 valence electrons. The van der Waals surface area contributed by atoms with Crippen LogP contribution < -0.4 is 15.4 Å². The van der Waals surface area contributed by atoms with Gasteiger partial charge in [0.25, 0.3) is 0 Å². The molecule has 0 aliphatic carbocycles. The molecular formula is C18H18ClF3N2O. The molecule has 1 heterocycles. The Morgan fingerprint density at radius 2 is 1.92 bits per heavy atom. The molecule has 3 nitrogen and oxygen atoms in total. The number of hydrogen-bond acceptors (Lipinski definition) is 3. The van der Waals surface area contributed by atoms with E-state index in [1.165, 1.54) is 7.11 Å². The van der Waals surface area contributed by atoms with Gasteiger partial charge in [-0.15, -0.1) is 0 Å². The van der Waals surface area contributed by atoms with Crippen molar-refractivity contribution in [1.29, 1.82) is 0 Å². The summed E-state index contributed by atoms with van der Waals surface area (Å²) >= 11 is 6.32. The summed E-state index contributed by atoms with van der Waals surface area (Å²) in [6.07, 6.45) is -5.31. The van der Waals surface area contributed by atoms with E-state index in [-0.39, 0.29) is 6.54 Å². The number of nitrogens with zero attached hydrogens (tertiary/aromatic N) is 1. The lowest BCUT2D eigenvalue weighted by Gasteiger charge is -2.28. The molecule has 1 aliphatic heterocycles. The molecule has 0 fully saturated rings. The average Bonchev–Trinajstić information content (AvgIpc) is 2.80. The van der Waals surface area contributed by atoms with Crippen molar-refractivity contribution in [2.45, 2.75) is 24.9 Å². The quantitative estimate of drug-likeness (QED) is 0.746. The number of anilines is 3. The van der Waals surface area contributed by atoms with E-state index in [0.717, 1.165) is 0 Å². The van der Waals surface area contributed by atoms with Gasteiger partial charge >= 0.3 is 6.18 Å². The number of benzene rings is 2. The van der Waals surface area contributed by atoms with Gasteiger partial charge < -0.3 is 15.4 Å². The van der Waals surface area contributed by atoms with Crippen molar-refractivity contribution in [3.8, 4) is 5.75 Å². The van der Waals surface area contributed by atoms with E-state index >= 15 is 0 Å². The van der Waals surface area contributed by atoms with Crippen LogP contribution in [-0.2, 0) is 5.41 Å². The van der Waals surface area contributed by atoms with E-state index < -0.39 is 18.0 Å². The minimum Gasteiger partial charge on any atom is -0.495 e. The number of alkyl halides is 3. The third-order valence-electron chi connectivity index (χ3n) is 4.51. The largest absolute Gasteiger partial charge is 0.495 e. The van der Waals surface area contributed by atoms with Gasteiger partial charge in [-0.3, -0.25) is 0 Å². The minimum atomic E-state index is -4.32. The summed E-state index contributed by atoms with van der Waals surface area (Å²) in [5.74, 6) is 0.466. The number of nitrogen functional groups attached to an aromatic ring is 1. The summed E-state index contributed by atoms with van der Waals surface area (Å²) in [5.41, 5.74) is 6.95. The first kappa shape index (κ1) is 17.7. The van der Waals surface area contributed by atoms with Gasteiger partial charge in [-0.05, 0) is 24.3 Å². The summed E-state index contributed by atoms with van der Waals surface area (Å²) in [7, 11) is 1.48. The van der Waals surface area contributed by atoms with E-state index in [4.69, 9.17) is 22.1 Å². The highest BCUT2D eigenvalue weighted by molar-refractivity contribution is 6.32. The summed E-state index contributed by atoms with van der Waals surface area (Å²) in [6, 6.07) is 10.3. The molecule has 1 aliphatic rings. The van der Waals surface area contributed by atoms with Gasteiger partial charge in [-0.2, -0.15) is 13.2 Å². The lowest BCUT2D eigenvalue weighted by Crippen LogP contribution is -2.34. The van der Waals surface area contributed by atoms with Crippen LogP contribution in [0.5, 0.6) is 5.75 Å². The van der Waals surface area contributed by atoms with E-state index in [0.29, 0.717) is 33.4 Å². The van der Waals surface area contributed by atoms with Gasteiger partial charge in [0.05, 0.1) is 30.6 Å². The number of fused-ring (bicyclic) bond motifs is 1. The number of rotatable bonds is 3. The van der Waals surface area contributed by atoms with Gasteiger partial charge in [-0.25, -0.2) is 0 Å². The summed E-state index contributed by atoms with van der Waals surface area (Å²) in [5, 5.41) is 0.291. The second-order valence-electron chi connectivity index (χ2n) is 6.47. The third-order valence-corrected chi connectivity index (χ3v) is 4.82. The summed E-state index contributed by atoms with van der Waals surface area (Å²) in [6.45, 7) is 1.68. The number of methoxy groups -OCH3 is 1. The van der Waals surface area contributed by atoms with Gasteiger partial charge in [0.1, 0.15) is 5.75 Å². The Labute approximate surface area is 149 Å². The van der Waals surface area contributed by atoms with E-state index in [1.54, 1.807) is 48.2 Å². The maximum atomic E-state index is 13.3. The fraction of sp³-hybridized carbons (Fsp3) is 0.333. The molecular weight excluding hydrogens is 353 g/mol. The van der Waals surface area contributed by atoms with Gasteiger partial charge in [0.15, 0.2) is 0 Å². The van der Waals surface area contributed by atoms with Crippen molar-refractivity contribution in [3.63, 3.8) is 0 Å². The monoisotopic (exact) mass is 370 g/mol. The molecule has 0 aromatic heterocycles. The molecule has 2 aromatic rings. The predicted molar refractivity (Wildman–Crippen MR) is 93.9 cm³/mol. The molecule has 0 amide bonds. The Morgan fingerprint density at radius 1 is 1.24 bits per heavy atom. The SMILES string of the molecule is COc1ccc(Cl)c2c1N(c1ccccc1N)CC2(C)CC(F)(F)F. The van der Waals surface area contributed by atoms with Crippen molar-refractivity contribution in [2.75, 3.05) is 24.3 Å². The molecule has 0 saturated heterocycles. The van der Waals surface area contributed by atoms with Crippen molar-refractivity contribution in [1.82, 2.24) is 0 Å². The molecule has 2 aromatic carbocycles. The second-order valence-corrected chi connectivity index (χ2v) is 6.88.